The minimum atomic E-state index is 0.159. The summed E-state index contributed by atoms with van der Waals surface area (Å²) in [5.74, 6) is 1.61. The summed E-state index contributed by atoms with van der Waals surface area (Å²) in [7, 11) is 0. The predicted octanol–water partition coefficient (Wildman–Crippen LogP) is 3.77. The molecule has 3 aliphatic rings. The van der Waals surface area contributed by atoms with Gasteiger partial charge in [0.25, 0.3) is 0 Å². The molecule has 1 N–H and O–H groups in total. The number of aromatic nitrogens is 1. The lowest BCUT2D eigenvalue weighted by Crippen LogP contribution is -2.38. The second-order valence-corrected chi connectivity index (χ2v) is 8.55. The second kappa shape index (κ2) is 6.66. The van der Waals surface area contributed by atoms with E-state index in [1.54, 1.807) is 0 Å². The summed E-state index contributed by atoms with van der Waals surface area (Å²) >= 11 is 0. The highest BCUT2D eigenvalue weighted by molar-refractivity contribution is 5.83. The van der Waals surface area contributed by atoms with Gasteiger partial charge in [-0.3, -0.25) is 9.78 Å². The molecule has 4 nitrogen and oxygen atoms in total. The molecule has 27 heavy (non-hydrogen) atoms. The molecule has 1 aliphatic heterocycles. The average Bonchev–Trinajstić information content (AvgIpc) is 3.59. The van der Waals surface area contributed by atoms with E-state index in [9.17, 15) is 4.79 Å². The number of hydrogen-bond acceptors (Lipinski definition) is 3. The highest BCUT2D eigenvalue weighted by atomic mass is 16.2. The van der Waals surface area contributed by atoms with Gasteiger partial charge in [0.15, 0.2) is 0 Å². The number of amides is 1. The number of carbonyl (C=O) groups is 1. The summed E-state index contributed by atoms with van der Waals surface area (Å²) in [6.45, 7) is 3.92. The Morgan fingerprint density at radius 1 is 1.11 bits per heavy atom. The molecule has 2 heterocycles. The Morgan fingerprint density at radius 2 is 1.89 bits per heavy atom. The molecule has 0 bridgehead atoms. The van der Waals surface area contributed by atoms with Gasteiger partial charge in [0.2, 0.25) is 5.91 Å². The third kappa shape index (κ3) is 3.58. The van der Waals surface area contributed by atoms with Crippen LogP contribution in [0.5, 0.6) is 0 Å². The lowest BCUT2D eigenvalue weighted by atomic mass is 10.0. The van der Waals surface area contributed by atoms with Crippen LogP contribution in [0.4, 0.5) is 5.69 Å². The first-order chi connectivity index (χ1) is 13.2. The van der Waals surface area contributed by atoms with E-state index in [4.69, 9.17) is 0 Å². The number of benzene rings is 1. The highest BCUT2D eigenvalue weighted by Gasteiger charge is 2.44. The molecular formula is C23H27N3O. The number of aryl methyl sites for hydroxylation is 1. The minimum Gasteiger partial charge on any atom is -0.368 e. The first kappa shape index (κ1) is 16.8. The molecule has 1 saturated heterocycles. The van der Waals surface area contributed by atoms with Crippen LogP contribution in [0.15, 0.2) is 42.7 Å². The molecule has 0 radical (unpaired) electrons. The van der Waals surface area contributed by atoms with Gasteiger partial charge in [-0.2, -0.15) is 0 Å². The van der Waals surface area contributed by atoms with Crippen molar-refractivity contribution in [2.24, 2.45) is 5.92 Å². The summed E-state index contributed by atoms with van der Waals surface area (Å²) in [6.07, 6.45) is 8.47. The van der Waals surface area contributed by atoms with E-state index in [2.05, 4.69) is 52.5 Å². The van der Waals surface area contributed by atoms with Crippen molar-refractivity contribution in [1.29, 1.82) is 0 Å². The number of hydrogen-bond donors (Lipinski definition) is 1. The Kier molecular flexibility index (Phi) is 4.14. The molecule has 2 aliphatic carbocycles. The molecule has 1 aromatic carbocycles. The predicted molar refractivity (Wildman–Crippen MR) is 107 cm³/mol. The Labute approximate surface area is 161 Å². The summed E-state index contributed by atoms with van der Waals surface area (Å²) < 4.78 is 0. The monoisotopic (exact) mass is 361 g/mol. The molecule has 0 spiro atoms. The maximum atomic E-state index is 12.7. The van der Waals surface area contributed by atoms with E-state index >= 15 is 0 Å². The van der Waals surface area contributed by atoms with Crippen LogP contribution < -0.4 is 10.2 Å². The Morgan fingerprint density at radius 3 is 2.63 bits per heavy atom. The van der Waals surface area contributed by atoms with Crippen molar-refractivity contribution in [3.63, 3.8) is 0 Å². The number of nitrogens with one attached hydrogen (secondary N) is 1. The zero-order valence-corrected chi connectivity index (χ0v) is 15.9. The number of carbonyl (C=O) groups excluding carboxylic acids is 1. The number of rotatable bonds is 5. The van der Waals surface area contributed by atoms with E-state index in [-0.39, 0.29) is 17.9 Å². The number of pyridine rings is 1. The zero-order valence-electron chi connectivity index (χ0n) is 15.9. The maximum Gasteiger partial charge on any atom is 0.224 e. The molecule has 3 fully saturated rings. The summed E-state index contributed by atoms with van der Waals surface area (Å²) in [4.78, 5) is 19.3. The van der Waals surface area contributed by atoms with Crippen molar-refractivity contribution in [3.05, 3.63) is 59.4 Å². The molecule has 3 atom stereocenters. The van der Waals surface area contributed by atoms with Gasteiger partial charge in [0.1, 0.15) is 0 Å². The molecule has 2 saturated carbocycles. The summed E-state index contributed by atoms with van der Waals surface area (Å²) in [6, 6.07) is 11.4. The first-order valence-corrected chi connectivity index (χ1v) is 10.2. The van der Waals surface area contributed by atoms with Gasteiger partial charge in [-0.05, 0) is 67.2 Å². The lowest BCUT2D eigenvalue weighted by molar-refractivity contribution is -0.123. The van der Waals surface area contributed by atoms with Crippen molar-refractivity contribution < 1.29 is 4.79 Å². The zero-order chi connectivity index (χ0) is 18.4. The molecule has 140 valence electrons. The van der Waals surface area contributed by atoms with Gasteiger partial charge in [0.05, 0.1) is 11.9 Å². The summed E-state index contributed by atoms with van der Waals surface area (Å²) in [5, 5.41) is 3.29. The standard InChI is InChI=1S/C23H27N3O/c1-15-10-20(13-24-12-15)26-9-8-19(14-26)25-23(27)22-11-21(22)18-6-4-17(5-7-18)16-2-3-16/h4-7,10,12-13,16,19,21-22H,2-3,8-9,11,14H2,1H3,(H,25,27)/t19-,21?,22?/m1/s1. The van der Waals surface area contributed by atoms with Crippen LogP contribution in [0.1, 0.15) is 54.2 Å². The Bertz CT molecular complexity index is 843. The molecule has 2 unspecified atom stereocenters. The van der Waals surface area contributed by atoms with Gasteiger partial charge in [-0.15, -0.1) is 0 Å². The topological polar surface area (TPSA) is 45.2 Å². The summed E-state index contributed by atoms with van der Waals surface area (Å²) in [5.41, 5.74) is 5.14. The maximum absolute atomic E-state index is 12.7. The normalized spacial score (nSPS) is 26.9. The molecule has 5 rings (SSSR count). The van der Waals surface area contributed by atoms with E-state index in [1.807, 2.05) is 12.4 Å². The number of nitrogens with zero attached hydrogens (tertiary/aromatic N) is 2. The van der Waals surface area contributed by atoms with Crippen LogP contribution in [-0.4, -0.2) is 30.0 Å². The third-order valence-electron chi connectivity index (χ3n) is 6.30. The number of anilines is 1. The average molecular weight is 361 g/mol. The smallest absolute Gasteiger partial charge is 0.224 e. The SMILES string of the molecule is Cc1cncc(N2CC[C@@H](NC(=O)C3CC3c3ccc(C4CC4)cc3)C2)c1. The third-order valence-corrected chi connectivity index (χ3v) is 6.30. The largest absolute Gasteiger partial charge is 0.368 e. The fourth-order valence-corrected chi connectivity index (χ4v) is 4.42. The fraction of sp³-hybridized carbons (Fsp3) is 0.478. The quantitative estimate of drug-likeness (QED) is 0.882. The molecular weight excluding hydrogens is 334 g/mol. The molecule has 4 heteroatoms. The fourth-order valence-electron chi connectivity index (χ4n) is 4.42. The van der Waals surface area contributed by atoms with Gasteiger partial charge < -0.3 is 10.2 Å². The van der Waals surface area contributed by atoms with Crippen molar-refractivity contribution >= 4 is 11.6 Å². The van der Waals surface area contributed by atoms with Gasteiger partial charge in [-0.1, -0.05) is 24.3 Å². The van der Waals surface area contributed by atoms with Gasteiger partial charge in [0, 0.05) is 31.2 Å². The molecule has 1 amide bonds. The van der Waals surface area contributed by atoms with E-state index < -0.39 is 0 Å². The van der Waals surface area contributed by atoms with Crippen LogP contribution in [-0.2, 0) is 4.79 Å². The van der Waals surface area contributed by atoms with Gasteiger partial charge in [-0.25, -0.2) is 0 Å². The van der Waals surface area contributed by atoms with Crippen molar-refractivity contribution in [1.82, 2.24) is 10.3 Å². The lowest BCUT2D eigenvalue weighted by Gasteiger charge is -2.19. The van der Waals surface area contributed by atoms with Crippen LogP contribution in [0.3, 0.4) is 0 Å². The van der Waals surface area contributed by atoms with Crippen molar-refractivity contribution in [3.8, 4) is 0 Å². The van der Waals surface area contributed by atoms with Crippen molar-refractivity contribution in [2.45, 2.75) is 50.5 Å². The van der Waals surface area contributed by atoms with Gasteiger partial charge >= 0.3 is 0 Å². The van der Waals surface area contributed by atoms with E-state index in [0.717, 1.165) is 37.5 Å². The Balaban J connectivity index is 1.15. The van der Waals surface area contributed by atoms with Crippen LogP contribution >= 0.6 is 0 Å². The Hall–Kier alpha value is -2.36. The van der Waals surface area contributed by atoms with Crippen LogP contribution in [0.2, 0.25) is 0 Å². The van der Waals surface area contributed by atoms with Crippen molar-refractivity contribution in [2.75, 3.05) is 18.0 Å². The molecule has 2 aromatic rings. The molecule has 1 aromatic heterocycles. The van der Waals surface area contributed by atoms with Crippen LogP contribution in [0.25, 0.3) is 0 Å². The van der Waals surface area contributed by atoms with E-state index in [0.29, 0.717) is 5.92 Å². The minimum absolute atomic E-state index is 0.159. The highest BCUT2D eigenvalue weighted by Crippen LogP contribution is 2.48. The second-order valence-electron chi connectivity index (χ2n) is 8.55. The first-order valence-electron chi connectivity index (χ1n) is 10.2. The van der Waals surface area contributed by atoms with E-state index in [1.165, 1.54) is 29.5 Å². The van der Waals surface area contributed by atoms with Crippen LogP contribution in [0, 0.1) is 12.8 Å².